The van der Waals surface area contributed by atoms with Crippen LogP contribution in [0.1, 0.15) is 27.0 Å². The Labute approximate surface area is 242 Å². The minimum Gasteiger partial charge on any atom is -0.493 e. The summed E-state index contributed by atoms with van der Waals surface area (Å²) >= 11 is 7.78. The number of ether oxygens (including phenoxy) is 2. The van der Waals surface area contributed by atoms with E-state index in [9.17, 15) is 9.18 Å². The van der Waals surface area contributed by atoms with Gasteiger partial charge in [0.15, 0.2) is 16.7 Å². The number of benzene rings is 3. The van der Waals surface area contributed by atoms with Crippen LogP contribution in [0.25, 0.3) is 0 Å². The van der Waals surface area contributed by atoms with Crippen LogP contribution in [0, 0.1) is 5.82 Å². The molecule has 0 unspecified atom stereocenters. The van der Waals surface area contributed by atoms with Crippen LogP contribution in [0.4, 0.5) is 10.2 Å². The lowest BCUT2D eigenvalue weighted by atomic mass is 10.1. The van der Waals surface area contributed by atoms with Gasteiger partial charge in [0.05, 0.1) is 14.2 Å². The van der Waals surface area contributed by atoms with Gasteiger partial charge < -0.3 is 19.7 Å². The van der Waals surface area contributed by atoms with Crippen molar-refractivity contribution >= 4 is 35.1 Å². The Kier molecular flexibility index (Phi) is 10.2. The van der Waals surface area contributed by atoms with Gasteiger partial charge in [-0.15, -0.1) is 0 Å². The van der Waals surface area contributed by atoms with Crippen LogP contribution in [0.3, 0.4) is 0 Å². The number of rotatable bonds is 12. The second-order valence-corrected chi connectivity index (χ2v) is 10.3. The molecule has 40 heavy (non-hydrogen) atoms. The molecule has 0 aliphatic rings. The van der Waals surface area contributed by atoms with Gasteiger partial charge in [0.25, 0.3) is 5.91 Å². The number of nitrogens with zero attached hydrogens (tertiary/aromatic N) is 3. The SMILES string of the molecule is COc1ccc(CCN(C)c2cc(Cl)nc(SCc3cccc(C(=O)NCc4ccc(F)cc4)c3)n2)cc1OC. The Morgan fingerprint density at radius 3 is 2.45 bits per heavy atom. The summed E-state index contributed by atoms with van der Waals surface area (Å²) in [6.07, 6.45) is 0.775. The lowest BCUT2D eigenvalue weighted by Crippen LogP contribution is -2.22. The van der Waals surface area contributed by atoms with E-state index in [1.165, 1.54) is 23.9 Å². The van der Waals surface area contributed by atoms with E-state index in [1.807, 2.05) is 48.3 Å². The quantitative estimate of drug-likeness (QED) is 0.122. The number of carbonyl (C=O) groups is 1. The third-order valence-electron chi connectivity index (χ3n) is 6.16. The maximum Gasteiger partial charge on any atom is 0.251 e. The first-order valence-corrected chi connectivity index (χ1v) is 13.9. The summed E-state index contributed by atoms with van der Waals surface area (Å²) in [7, 11) is 5.20. The normalized spacial score (nSPS) is 10.7. The van der Waals surface area contributed by atoms with Crippen LogP contribution >= 0.6 is 23.4 Å². The maximum atomic E-state index is 13.1. The Hall–Kier alpha value is -3.82. The summed E-state index contributed by atoms with van der Waals surface area (Å²) < 4.78 is 23.8. The van der Waals surface area contributed by atoms with E-state index in [0.29, 0.717) is 46.2 Å². The first-order chi connectivity index (χ1) is 19.3. The highest BCUT2D eigenvalue weighted by atomic mass is 35.5. The standard InChI is InChI=1S/C30H30ClFN4O3S/c1-36(14-13-20-9-12-25(38-2)26(16-20)39-3)28-17-27(31)34-30(35-28)40-19-22-5-4-6-23(15-22)29(37)33-18-21-7-10-24(32)11-8-21/h4-12,15-17H,13-14,18-19H2,1-3H3,(H,33,37). The molecule has 0 atom stereocenters. The van der Waals surface area contributed by atoms with Gasteiger partial charge in [0.1, 0.15) is 16.8 Å². The van der Waals surface area contributed by atoms with Crippen LogP contribution < -0.4 is 19.7 Å². The van der Waals surface area contributed by atoms with E-state index in [1.54, 1.807) is 38.5 Å². The molecule has 0 aliphatic heterocycles. The molecule has 1 heterocycles. The molecule has 1 aromatic heterocycles. The van der Waals surface area contributed by atoms with Crippen molar-refractivity contribution in [1.29, 1.82) is 0 Å². The Morgan fingerprint density at radius 1 is 0.950 bits per heavy atom. The zero-order valence-electron chi connectivity index (χ0n) is 22.5. The number of methoxy groups -OCH3 is 2. The molecule has 208 valence electrons. The van der Waals surface area contributed by atoms with Crippen molar-refractivity contribution in [2.45, 2.75) is 23.9 Å². The van der Waals surface area contributed by atoms with Crippen molar-refractivity contribution in [3.8, 4) is 11.5 Å². The number of likely N-dealkylation sites (N-methyl/N-ethyl adjacent to an activating group) is 1. The fraction of sp³-hybridized carbons (Fsp3) is 0.233. The highest BCUT2D eigenvalue weighted by molar-refractivity contribution is 7.98. The molecule has 0 aliphatic carbocycles. The molecule has 1 amide bonds. The van der Waals surface area contributed by atoms with Gasteiger partial charge in [-0.3, -0.25) is 4.79 Å². The van der Waals surface area contributed by atoms with Crippen molar-refractivity contribution in [3.05, 3.63) is 106 Å². The van der Waals surface area contributed by atoms with Crippen LogP contribution in [0.2, 0.25) is 5.15 Å². The second-order valence-electron chi connectivity index (χ2n) is 8.99. The monoisotopic (exact) mass is 580 g/mol. The summed E-state index contributed by atoms with van der Waals surface area (Å²) in [6, 6.07) is 21.1. The van der Waals surface area contributed by atoms with E-state index in [4.69, 9.17) is 26.1 Å². The zero-order chi connectivity index (χ0) is 28.5. The average Bonchev–Trinajstić information content (AvgIpc) is 2.98. The van der Waals surface area contributed by atoms with Crippen LogP contribution in [0.15, 0.2) is 78.0 Å². The molecular weight excluding hydrogens is 551 g/mol. The zero-order valence-corrected chi connectivity index (χ0v) is 24.1. The number of anilines is 1. The average molecular weight is 581 g/mol. The van der Waals surface area contributed by atoms with Crippen molar-refractivity contribution in [2.24, 2.45) is 0 Å². The van der Waals surface area contributed by atoms with E-state index in [2.05, 4.69) is 10.3 Å². The highest BCUT2D eigenvalue weighted by Gasteiger charge is 2.12. The smallest absolute Gasteiger partial charge is 0.251 e. The van der Waals surface area contributed by atoms with Gasteiger partial charge >= 0.3 is 0 Å². The van der Waals surface area contributed by atoms with Crippen LogP contribution in [-0.2, 0) is 18.7 Å². The van der Waals surface area contributed by atoms with Crippen molar-refractivity contribution in [1.82, 2.24) is 15.3 Å². The number of hydrogen-bond donors (Lipinski definition) is 1. The molecule has 0 fully saturated rings. The van der Waals surface area contributed by atoms with E-state index in [-0.39, 0.29) is 11.7 Å². The van der Waals surface area contributed by atoms with Gasteiger partial charge in [-0.1, -0.05) is 53.7 Å². The predicted octanol–water partition coefficient (Wildman–Crippen LogP) is 6.19. The largest absolute Gasteiger partial charge is 0.493 e. The predicted molar refractivity (Wildman–Crippen MR) is 157 cm³/mol. The number of nitrogens with one attached hydrogen (secondary N) is 1. The van der Waals surface area contributed by atoms with Crippen LogP contribution in [0.5, 0.6) is 11.5 Å². The molecule has 4 rings (SSSR count). The molecule has 0 saturated carbocycles. The summed E-state index contributed by atoms with van der Waals surface area (Å²) in [6.45, 7) is 1.03. The molecular formula is C30H30ClFN4O3S. The van der Waals surface area contributed by atoms with Crippen molar-refractivity contribution < 1.29 is 18.7 Å². The van der Waals surface area contributed by atoms with E-state index in [0.717, 1.165) is 28.9 Å². The van der Waals surface area contributed by atoms with Crippen molar-refractivity contribution in [2.75, 3.05) is 32.7 Å². The van der Waals surface area contributed by atoms with Crippen LogP contribution in [-0.4, -0.2) is 43.7 Å². The lowest BCUT2D eigenvalue weighted by molar-refractivity contribution is 0.0951. The first kappa shape index (κ1) is 29.2. The number of halogens is 2. The molecule has 7 nitrogen and oxygen atoms in total. The molecule has 0 spiro atoms. The van der Waals surface area contributed by atoms with E-state index < -0.39 is 0 Å². The van der Waals surface area contributed by atoms with Gasteiger partial charge in [-0.05, 0) is 59.5 Å². The second kappa shape index (κ2) is 14.0. The third-order valence-corrected chi connectivity index (χ3v) is 7.27. The highest BCUT2D eigenvalue weighted by Crippen LogP contribution is 2.28. The van der Waals surface area contributed by atoms with E-state index >= 15 is 0 Å². The molecule has 0 saturated heterocycles. The summed E-state index contributed by atoms with van der Waals surface area (Å²) in [4.78, 5) is 23.7. The minimum absolute atomic E-state index is 0.200. The Balaban J connectivity index is 1.34. The lowest BCUT2D eigenvalue weighted by Gasteiger charge is -2.19. The Bertz CT molecular complexity index is 1460. The van der Waals surface area contributed by atoms with Gasteiger partial charge in [-0.2, -0.15) is 0 Å². The molecule has 0 bridgehead atoms. The summed E-state index contributed by atoms with van der Waals surface area (Å²) in [5.74, 6) is 2.16. The number of amides is 1. The first-order valence-electron chi connectivity index (χ1n) is 12.6. The summed E-state index contributed by atoms with van der Waals surface area (Å²) in [5.41, 5.74) is 3.43. The Morgan fingerprint density at radius 2 is 1.70 bits per heavy atom. The number of thioether (sulfide) groups is 1. The fourth-order valence-corrected chi connectivity index (χ4v) is 4.95. The molecule has 0 radical (unpaired) electrons. The molecule has 1 N–H and O–H groups in total. The fourth-order valence-electron chi connectivity index (χ4n) is 3.93. The topological polar surface area (TPSA) is 76.6 Å². The number of aromatic nitrogens is 2. The third kappa shape index (κ3) is 8.09. The number of carbonyl (C=O) groups excluding carboxylic acids is 1. The maximum absolute atomic E-state index is 13.1. The van der Waals surface area contributed by atoms with Gasteiger partial charge in [-0.25, -0.2) is 14.4 Å². The minimum atomic E-state index is -0.308. The van der Waals surface area contributed by atoms with Gasteiger partial charge in [0, 0.05) is 37.5 Å². The van der Waals surface area contributed by atoms with Gasteiger partial charge in [0.2, 0.25) is 0 Å². The molecule has 3 aromatic carbocycles. The molecule has 4 aromatic rings. The molecule has 10 heteroatoms. The number of hydrogen-bond acceptors (Lipinski definition) is 7. The van der Waals surface area contributed by atoms with Crippen molar-refractivity contribution in [3.63, 3.8) is 0 Å². The summed E-state index contributed by atoms with van der Waals surface area (Å²) in [5, 5.41) is 3.78.